The summed E-state index contributed by atoms with van der Waals surface area (Å²) in [6, 6.07) is 5.75. The fraction of sp³-hybridized carbons (Fsp3) is 0.556. The van der Waals surface area contributed by atoms with Crippen LogP contribution in [0.3, 0.4) is 0 Å². The summed E-state index contributed by atoms with van der Waals surface area (Å²) in [5, 5.41) is 6.95. The van der Waals surface area contributed by atoms with Crippen LogP contribution in [0.25, 0.3) is 0 Å². The number of pyridine rings is 1. The van der Waals surface area contributed by atoms with Crippen molar-refractivity contribution in [1.82, 2.24) is 20.0 Å². The molecule has 3 heterocycles. The summed E-state index contributed by atoms with van der Waals surface area (Å²) in [6.07, 6.45) is 0.585. The van der Waals surface area contributed by atoms with Crippen molar-refractivity contribution in [3.8, 4) is 0 Å². The zero-order valence-corrected chi connectivity index (χ0v) is 15.4. The van der Waals surface area contributed by atoms with Gasteiger partial charge in [-0.15, -0.1) is 0 Å². The highest BCUT2D eigenvalue weighted by Gasteiger charge is 2.26. The summed E-state index contributed by atoms with van der Waals surface area (Å²) in [5.74, 6) is 2.24. The molecule has 0 unspecified atom stereocenters. The highest BCUT2D eigenvalue weighted by atomic mass is 16.5. The number of hydrogen-bond donors (Lipinski definition) is 1. The van der Waals surface area contributed by atoms with Gasteiger partial charge in [0, 0.05) is 32.4 Å². The van der Waals surface area contributed by atoms with Crippen molar-refractivity contribution < 1.29 is 14.1 Å². The maximum Gasteiger partial charge on any atom is 0.227 e. The number of aryl methyl sites for hydroxylation is 1. The first-order valence-corrected chi connectivity index (χ1v) is 8.93. The molecule has 2 aromatic heterocycles. The predicted molar refractivity (Wildman–Crippen MR) is 95.8 cm³/mol. The van der Waals surface area contributed by atoms with Crippen molar-refractivity contribution in [2.24, 2.45) is 0 Å². The number of ether oxygens (including phenoxy) is 1. The molecule has 0 aromatic carbocycles. The first-order chi connectivity index (χ1) is 12.6. The number of rotatable bonds is 6. The molecule has 3 rings (SSSR count). The Hall–Kier alpha value is -2.48. The Morgan fingerprint density at radius 3 is 2.96 bits per heavy atom. The zero-order chi connectivity index (χ0) is 18.5. The molecule has 26 heavy (non-hydrogen) atoms. The first-order valence-electron chi connectivity index (χ1n) is 8.93. The molecule has 0 radical (unpaired) electrons. The van der Waals surface area contributed by atoms with Crippen LogP contribution in [0, 0.1) is 0 Å². The van der Waals surface area contributed by atoms with Gasteiger partial charge in [0.25, 0.3) is 0 Å². The fourth-order valence-corrected chi connectivity index (χ4v) is 2.80. The van der Waals surface area contributed by atoms with E-state index >= 15 is 0 Å². The Morgan fingerprint density at radius 1 is 1.38 bits per heavy atom. The van der Waals surface area contributed by atoms with E-state index in [4.69, 9.17) is 9.26 Å². The maximum absolute atomic E-state index is 12.6. The van der Waals surface area contributed by atoms with E-state index in [1.54, 1.807) is 0 Å². The van der Waals surface area contributed by atoms with Crippen LogP contribution in [0.15, 0.2) is 22.7 Å². The van der Waals surface area contributed by atoms with Crippen LogP contribution in [-0.4, -0.2) is 52.7 Å². The zero-order valence-electron chi connectivity index (χ0n) is 15.4. The minimum atomic E-state index is -0.211. The van der Waals surface area contributed by atoms with E-state index in [1.165, 1.54) is 0 Å². The van der Waals surface area contributed by atoms with Crippen LogP contribution in [0.4, 0.5) is 5.82 Å². The van der Waals surface area contributed by atoms with Gasteiger partial charge in [-0.1, -0.05) is 25.1 Å². The quantitative estimate of drug-likeness (QED) is 0.845. The van der Waals surface area contributed by atoms with Gasteiger partial charge < -0.3 is 19.5 Å². The molecule has 1 N–H and O–H groups in total. The van der Waals surface area contributed by atoms with Gasteiger partial charge in [-0.3, -0.25) is 4.79 Å². The molecule has 0 saturated carbocycles. The molecule has 8 heteroatoms. The fourth-order valence-electron chi connectivity index (χ4n) is 2.80. The van der Waals surface area contributed by atoms with E-state index in [1.807, 2.05) is 44.0 Å². The molecule has 0 spiro atoms. The minimum absolute atomic E-state index is 0.0624. The lowest BCUT2D eigenvalue weighted by Gasteiger charge is -2.32. The predicted octanol–water partition coefficient (Wildman–Crippen LogP) is 2.16. The third-order valence-electron chi connectivity index (χ3n) is 4.33. The van der Waals surface area contributed by atoms with E-state index in [-0.39, 0.29) is 17.9 Å². The third kappa shape index (κ3) is 4.37. The van der Waals surface area contributed by atoms with E-state index in [0.717, 1.165) is 11.5 Å². The number of carbonyl (C=O) groups excluding carboxylic acids is 1. The van der Waals surface area contributed by atoms with Crippen molar-refractivity contribution in [2.75, 3.05) is 32.1 Å². The van der Waals surface area contributed by atoms with Crippen molar-refractivity contribution in [2.45, 2.75) is 38.7 Å². The lowest BCUT2D eigenvalue weighted by atomic mass is 10.1. The molecule has 1 amide bonds. The topological polar surface area (TPSA) is 93.4 Å². The summed E-state index contributed by atoms with van der Waals surface area (Å²) >= 11 is 0. The molecule has 1 saturated heterocycles. The second-order valence-corrected chi connectivity index (χ2v) is 6.60. The molecule has 1 fully saturated rings. The Balaban J connectivity index is 1.57. The van der Waals surface area contributed by atoms with E-state index in [9.17, 15) is 4.79 Å². The number of anilines is 1. The SMILES string of the molecule is CNc1cccc([C@H]2CN(C(=O)CCc3nc(C(C)C)no3)CCO2)n1. The smallest absolute Gasteiger partial charge is 0.227 e. The number of carbonyl (C=O) groups is 1. The molecule has 0 bridgehead atoms. The monoisotopic (exact) mass is 359 g/mol. The second-order valence-electron chi connectivity index (χ2n) is 6.60. The van der Waals surface area contributed by atoms with E-state index in [2.05, 4.69) is 20.4 Å². The van der Waals surface area contributed by atoms with Gasteiger partial charge in [0.05, 0.1) is 18.8 Å². The number of nitrogens with one attached hydrogen (secondary N) is 1. The largest absolute Gasteiger partial charge is 0.373 e. The standard InChI is InChI=1S/C18H25N5O3/c1-12(2)18-21-16(26-22-18)7-8-17(24)23-9-10-25-14(11-23)13-5-4-6-15(19-3)20-13/h4-6,12,14H,7-11H2,1-3H3,(H,19,20)/t14-/m1/s1. The van der Waals surface area contributed by atoms with Gasteiger partial charge in [-0.25, -0.2) is 4.98 Å². The lowest BCUT2D eigenvalue weighted by molar-refractivity contribution is -0.139. The van der Waals surface area contributed by atoms with Crippen LogP contribution >= 0.6 is 0 Å². The third-order valence-corrected chi connectivity index (χ3v) is 4.33. The van der Waals surface area contributed by atoms with Crippen molar-refractivity contribution in [3.63, 3.8) is 0 Å². The Morgan fingerprint density at radius 2 is 2.23 bits per heavy atom. The number of hydrogen-bond acceptors (Lipinski definition) is 7. The molecule has 1 atom stereocenters. The average molecular weight is 359 g/mol. The summed E-state index contributed by atoms with van der Waals surface area (Å²) in [6.45, 7) is 5.59. The van der Waals surface area contributed by atoms with Gasteiger partial charge in [-0.05, 0) is 12.1 Å². The van der Waals surface area contributed by atoms with Crippen molar-refractivity contribution in [3.05, 3.63) is 35.6 Å². The van der Waals surface area contributed by atoms with E-state index in [0.29, 0.717) is 44.3 Å². The Labute approximate surface area is 152 Å². The molecular weight excluding hydrogens is 334 g/mol. The summed E-state index contributed by atoms with van der Waals surface area (Å²) in [7, 11) is 1.83. The lowest BCUT2D eigenvalue weighted by Crippen LogP contribution is -2.42. The first kappa shape index (κ1) is 18.3. The Bertz CT molecular complexity index is 746. The van der Waals surface area contributed by atoms with Gasteiger partial charge >= 0.3 is 0 Å². The molecule has 8 nitrogen and oxygen atoms in total. The highest BCUT2D eigenvalue weighted by molar-refractivity contribution is 5.76. The normalized spacial score (nSPS) is 17.5. The van der Waals surface area contributed by atoms with Crippen molar-refractivity contribution in [1.29, 1.82) is 0 Å². The average Bonchev–Trinajstić information content (AvgIpc) is 3.15. The van der Waals surface area contributed by atoms with Crippen LogP contribution in [-0.2, 0) is 16.0 Å². The molecular formula is C18H25N5O3. The molecule has 1 aliphatic heterocycles. The summed E-state index contributed by atoms with van der Waals surface area (Å²) < 4.78 is 11.0. The second kappa shape index (κ2) is 8.27. The van der Waals surface area contributed by atoms with Gasteiger partial charge in [-0.2, -0.15) is 4.98 Å². The number of nitrogens with zero attached hydrogens (tertiary/aromatic N) is 4. The van der Waals surface area contributed by atoms with Gasteiger partial charge in [0.1, 0.15) is 11.9 Å². The van der Waals surface area contributed by atoms with Gasteiger partial charge in [0.2, 0.25) is 11.8 Å². The van der Waals surface area contributed by atoms with E-state index < -0.39 is 0 Å². The highest BCUT2D eigenvalue weighted by Crippen LogP contribution is 2.22. The molecule has 2 aromatic rings. The number of amides is 1. The summed E-state index contributed by atoms with van der Waals surface area (Å²) in [5.41, 5.74) is 0.827. The number of aromatic nitrogens is 3. The molecule has 0 aliphatic carbocycles. The van der Waals surface area contributed by atoms with Gasteiger partial charge in [0.15, 0.2) is 5.82 Å². The Kier molecular flexibility index (Phi) is 5.82. The van der Waals surface area contributed by atoms with Crippen molar-refractivity contribution >= 4 is 11.7 Å². The maximum atomic E-state index is 12.6. The summed E-state index contributed by atoms with van der Waals surface area (Å²) in [4.78, 5) is 23.2. The van der Waals surface area contributed by atoms with Crippen LogP contribution in [0.1, 0.15) is 49.7 Å². The molecule has 1 aliphatic rings. The number of morpholine rings is 1. The van der Waals surface area contributed by atoms with Crippen LogP contribution in [0.2, 0.25) is 0 Å². The molecule has 140 valence electrons. The van der Waals surface area contributed by atoms with Crippen LogP contribution < -0.4 is 5.32 Å². The van der Waals surface area contributed by atoms with Crippen LogP contribution in [0.5, 0.6) is 0 Å². The minimum Gasteiger partial charge on any atom is -0.373 e.